The molecule has 3 unspecified atom stereocenters. The zero-order valence-corrected chi connectivity index (χ0v) is 15.5. The van der Waals surface area contributed by atoms with E-state index >= 15 is 0 Å². The Bertz CT molecular complexity index is 758. The number of rotatable bonds is 4. The molecule has 10 heteroatoms. The summed E-state index contributed by atoms with van der Waals surface area (Å²) in [5, 5.41) is 10.9. The standard InChI is InChI=1S/C15H21N3O5S.ClH/c1-23-14-7-11(18(19)20)5-6-15(14)24(21,22)17-8-10-3-2-4-13(16)12(10)9-17;/h5-7,10,12-13H,2-4,8-9,16H2,1H3;1H. The minimum Gasteiger partial charge on any atom is -0.495 e. The molecule has 1 heterocycles. The quantitative estimate of drug-likeness (QED) is 0.617. The predicted molar refractivity (Wildman–Crippen MR) is 94.5 cm³/mol. The Labute approximate surface area is 152 Å². The van der Waals surface area contributed by atoms with Gasteiger partial charge in [0.15, 0.2) is 0 Å². The van der Waals surface area contributed by atoms with Crippen LogP contribution < -0.4 is 10.5 Å². The average molecular weight is 392 g/mol. The largest absolute Gasteiger partial charge is 0.495 e. The van der Waals surface area contributed by atoms with E-state index in [9.17, 15) is 18.5 Å². The second-order valence-electron chi connectivity index (χ2n) is 6.43. The summed E-state index contributed by atoms with van der Waals surface area (Å²) in [7, 11) is -2.47. The molecule has 2 N–H and O–H groups in total. The van der Waals surface area contributed by atoms with Crippen LogP contribution in [-0.2, 0) is 10.0 Å². The van der Waals surface area contributed by atoms with Gasteiger partial charge in [-0.1, -0.05) is 6.42 Å². The van der Waals surface area contributed by atoms with Crippen molar-refractivity contribution in [2.24, 2.45) is 17.6 Å². The first-order valence-corrected chi connectivity index (χ1v) is 9.36. The van der Waals surface area contributed by atoms with Gasteiger partial charge in [-0.3, -0.25) is 10.1 Å². The van der Waals surface area contributed by atoms with E-state index in [0.29, 0.717) is 13.1 Å². The summed E-state index contributed by atoms with van der Waals surface area (Å²) in [5.41, 5.74) is 5.95. The minimum atomic E-state index is -3.78. The maximum absolute atomic E-state index is 13.0. The van der Waals surface area contributed by atoms with Crippen LogP contribution in [0.1, 0.15) is 19.3 Å². The fourth-order valence-electron chi connectivity index (χ4n) is 3.79. The van der Waals surface area contributed by atoms with Crippen LogP contribution in [0, 0.1) is 22.0 Å². The molecule has 1 aliphatic carbocycles. The van der Waals surface area contributed by atoms with Crippen molar-refractivity contribution < 1.29 is 18.1 Å². The highest BCUT2D eigenvalue weighted by Gasteiger charge is 2.44. The molecule has 1 aromatic carbocycles. The summed E-state index contributed by atoms with van der Waals surface area (Å²) in [5.74, 6) is 0.452. The number of nitro groups is 1. The summed E-state index contributed by atoms with van der Waals surface area (Å²) in [6, 6.07) is 3.60. The first kappa shape index (κ1) is 19.9. The molecule has 1 aromatic rings. The molecule has 0 amide bonds. The number of benzene rings is 1. The Morgan fingerprint density at radius 3 is 2.64 bits per heavy atom. The van der Waals surface area contributed by atoms with Gasteiger partial charge in [0.1, 0.15) is 10.6 Å². The maximum Gasteiger partial charge on any atom is 0.273 e. The van der Waals surface area contributed by atoms with Crippen LogP contribution in [0.4, 0.5) is 5.69 Å². The van der Waals surface area contributed by atoms with Crippen LogP contribution >= 0.6 is 12.4 Å². The monoisotopic (exact) mass is 391 g/mol. The van der Waals surface area contributed by atoms with Crippen LogP contribution in [0.15, 0.2) is 23.1 Å². The van der Waals surface area contributed by atoms with E-state index in [0.717, 1.165) is 25.3 Å². The first-order chi connectivity index (χ1) is 11.3. The normalized spacial score (nSPS) is 26.6. The summed E-state index contributed by atoms with van der Waals surface area (Å²) < 4.78 is 32.5. The fourth-order valence-corrected chi connectivity index (χ4v) is 5.46. The molecule has 2 aliphatic rings. The van der Waals surface area contributed by atoms with E-state index in [2.05, 4.69) is 0 Å². The molecule has 8 nitrogen and oxygen atoms in total. The van der Waals surface area contributed by atoms with E-state index in [-0.39, 0.29) is 46.6 Å². The van der Waals surface area contributed by atoms with Gasteiger partial charge in [-0.05, 0) is 30.7 Å². The molecule has 1 saturated carbocycles. The topological polar surface area (TPSA) is 116 Å². The Kier molecular flexibility index (Phi) is 5.93. The summed E-state index contributed by atoms with van der Waals surface area (Å²) in [6.45, 7) is 0.842. The number of nitrogens with zero attached hydrogens (tertiary/aromatic N) is 2. The SMILES string of the molecule is COc1cc([N+](=O)[O-])ccc1S(=O)(=O)N1CC2CCCC(N)C2C1.Cl. The second kappa shape index (κ2) is 7.45. The molecule has 1 aliphatic heterocycles. The summed E-state index contributed by atoms with van der Waals surface area (Å²) in [6.07, 6.45) is 2.94. The third-order valence-electron chi connectivity index (χ3n) is 5.10. The van der Waals surface area contributed by atoms with Crippen LogP contribution in [0.3, 0.4) is 0 Å². The van der Waals surface area contributed by atoms with E-state index < -0.39 is 14.9 Å². The van der Waals surface area contributed by atoms with E-state index in [1.807, 2.05) is 0 Å². The molecule has 3 atom stereocenters. The minimum absolute atomic E-state index is 0. The number of methoxy groups -OCH3 is 1. The molecule has 0 aromatic heterocycles. The van der Waals surface area contributed by atoms with Gasteiger partial charge in [0.05, 0.1) is 18.1 Å². The number of non-ortho nitro benzene ring substituents is 1. The Morgan fingerprint density at radius 2 is 2.04 bits per heavy atom. The number of hydrogen-bond acceptors (Lipinski definition) is 6. The number of nitrogens with two attached hydrogens (primary N) is 1. The van der Waals surface area contributed by atoms with Gasteiger partial charge < -0.3 is 10.5 Å². The van der Waals surface area contributed by atoms with Crippen molar-refractivity contribution in [3.05, 3.63) is 28.3 Å². The Morgan fingerprint density at radius 1 is 1.32 bits per heavy atom. The molecule has 140 valence electrons. The molecule has 0 bridgehead atoms. The number of hydrogen-bond donors (Lipinski definition) is 1. The van der Waals surface area contributed by atoms with Crippen molar-refractivity contribution in [1.82, 2.24) is 4.31 Å². The lowest BCUT2D eigenvalue weighted by atomic mass is 9.78. The van der Waals surface area contributed by atoms with Gasteiger partial charge in [-0.25, -0.2) is 8.42 Å². The van der Waals surface area contributed by atoms with Crippen molar-refractivity contribution in [2.45, 2.75) is 30.2 Å². The van der Waals surface area contributed by atoms with Gasteiger partial charge in [-0.15, -0.1) is 12.4 Å². The number of fused-ring (bicyclic) bond motifs is 1. The molecule has 25 heavy (non-hydrogen) atoms. The summed E-state index contributed by atoms with van der Waals surface area (Å²) in [4.78, 5) is 10.2. The number of halogens is 1. The third-order valence-corrected chi connectivity index (χ3v) is 6.97. The number of ether oxygens (including phenoxy) is 1. The van der Waals surface area contributed by atoms with Crippen LogP contribution in [-0.4, -0.2) is 43.9 Å². The van der Waals surface area contributed by atoms with E-state index in [1.54, 1.807) is 0 Å². The third kappa shape index (κ3) is 3.59. The molecular formula is C15H22ClN3O5S. The highest BCUT2D eigenvalue weighted by atomic mass is 35.5. The zero-order chi connectivity index (χ0) is 17.5. The molecule has 0 spiro atoms. The highest BCUT2D eigenvalue weighted by Crippen LogP contribution is 2.39. The van der Waals surface area contributed by atoms with Gasteiger partial charge in [0.25, 0.3) is 5.69 Å². The molecular weight excluding hydrogens is 370 g/mol. The van der Waals surface area contributed by atoms with Crippen molar-refractivity contribution in [3.8, 4) is 5.75 Å². The van der Waals surface area contributed by atoms with Crippen LogP contribution in [0.2, 0.25) is 0 Å². The van der Waals surface area contributed by atoms with Crippen LogP contribution in [0.5, 0.6) is 5.75 Å². The zero-order valence-electron chi connectivity index (χ0n) is 13.8. The van der Waals surface area contributed by atoms with Crippen molar-refractivity contribution in [2.75, 3.05) is 20.2 Å². The number of nitro benzene ring substituents is 1. The second-order valence-corrected chi connectivity index (χ2v) is 8.34. The molecule has 3 rings (SSSR count). The van der Waals surface area contributed by atoms with Gasteiger partial charge in [0, 0.05) is 25.2 Å². The van der Waals surface area contributed by atoms with Crippen molar-refractivity contribution in [3.63, 3.8) is 0 Å². The van der Waals surface area contributed by atoms with Crippen LogP contribution in [0.25, 0.3) is 0 Å². The van der Waals surface area contributed by atoms with Gasteiger partial charge in [0.2, 0.25) is 10.0 Å². The Balaban J connectivity index is 0.00000225. The lowest BCUT2D eigenvalue weighted by Crippen LogP contribution is -2.38. The lowest BCUT2D eigenvalue weighted by molar-refractivity contribution is -0.385. The van der Waals surface area contributed by atoms with Gasteiger partial charge >= 0.3 is 0 Å². The average Bonchev–Trinajstić information content (AvgIpc) is 3.00. The van der Waals surface area contributed by atoms with E-state index in [4.69, 9.17) is 10.5 Å². The smallest absolute Gasteiger partial charge is 0.273 e. The highest BCUT2D eigenvalue weighted by molar-refractivity contribution is 7.89. The first-order valence-electron chi connectivity index (χ1n) is 7.92. The van der Waals surface area contributed by atoms with Gasteiger partial charge in [-0.2, -0.15) is 4.31 Å². The van der Waals surface area contributed by atoms with E-state index in [1.165, 1.54) is 23.5 Å². The molecule has 2 fully saturated rings. The molecule has 0 radical (unpaired) electrons. The Hall–Kier alpha value is -1.42. The summed E-state index contributed by atoms with van der Waals surface area (Å²) >= 11 is 0. The fraction of sp³-hybridized carbons (Fsp3) is 0.600. The maximum atomic E-state index is 13.0. The predicted octanol–water partition coefficient (Wildman–Crippen LogP) is 1.77. The lowest BCUT2D eigenvalue weighted by Gasteiger charge is -2.29. The number of sulfonamides is 1. The molecule has 1 saturated heterocycles. The van der Waals surface area contributed by atoms with Crippen molar-refractivity contribution in [1.29, 1.82) is 0 Å². The van der Waals surface area contributed by atoms with Crippen molar-refractivity contribution >= 4 is 28.1 Å².